The van der Waals surface area contributed by atoms with Gasteiger partial charge in [-0.15, -0.1) is 0 Å². The lowest BCUT2D eigenvalue weighted by molar-refractivity contribution is 0.584. The Balaban J connectivity index is 2.21. The Bertz CT molecular complexity index is 464. The number of aromatic nitrogens is 1. The molecule has 1 aliphatic rings. The maximum atomic E-state index is 4.89. The average Bonchev–Trinajstić information content (AvgIpc) is 3.27. The van der Waals surface area contributed by atoms with E-state index in [0.29, 0.717) is 18.0 Å². The van der Waals surface area contributed by atoms with Crippen LogP contribution in [-0.2, 0) is 6.54 Å². The topological polar surface area (TPSA) is 28.2 Å². The van der Waals surface area contributed by atoms with Crippen molar-refractivity contribution in [3.8, 4) is 0 Å². The largest absolute Gasteiger partial charge is 0.357 e. The van der Waals surface area contributed by atoms with Crippen LogP contribution in [0, 0.1) is 5.92 Å². The number of nitrogens with one attached hydrogen (secondary N) is 1. The molecule has 3 nitrogen and oxygen atoms in total. The Morgan fingerprint density at radius 3 is 2.38 bits per heavy atom. The van der Waals surface area contributed by atoms with E-state index in [4.69, 9.17) is 4.98 Å². The molecule has 0 radical (unpaired) electrons. The summed E-state index contributed by atoms with van der Waals surface area (Å²) in [5.74, 6) is 2.45. The molecule has 0 bridgehead atoms. The molecule has 0 spiro atoms. The van der Waals surface area contributed by atoms with Gasteiger partial charge in [0, 0.05) is 31.4 Å². The number of nitrogens with zero attached hydrogens (tertiary/aromatic N) is 2. The summed E-state index contributed by atoms with van der Waals surface area (Å²) >= 11 is 0. The van der Waals surface area contributed by atoms with Crippen molar-refractivity contribution in [3.63, 3.8) is 0 Å². The van der Waals surface area contributed by atoms with Gasteiger partial charge in [-0.05, 0) is 49.3 Å². The lowest BCUT2D eigenvalue weighted by Gasteiger charge is -2.27. The van der Waals surface area contributed by atoms with Gasteiger partial charge in [-0.25, -0.2) is 4.98 Å². The van der Waals surface area contributed by atoms with Gasteiger partial charge in [-0.2, -0.15) is 0 Å². The molecule has 1 saturated carbocycles. The molecule has 1 unspecified atom stereocenters. The number of anilines is 1. The highest BCUT2D eigenvalue weighted by molar-refractivity contribution is 5.44. The van der Waals surface area contributed by atoms with Crippen molar-refractivity contribution >= 4 is 5.82 Å². The molecule has 0 saturated heterocycles. The van der Waals surface area contributed by atoms with Crippen LogP contribution in [0.25, 0.3) is 0 Å². The molecule has 0 aliphatic heterocycles. The summed E-state index contributed by atoms with van der Waals surface area (Å²) in [6.45, 7) is 12.1. The van der Waals surface area contributed by atoms with E-state index in [1.807, 2.05) is 0 Å². The van der Waals surface area contributed by atoms with Gasteiger partial charge in [0.1, 0.15) is 5.82 Å². The summed E-state index contributed by atoms with van der Waals surface area (Å²) < 4.78 is 0. The molecule has 1 aromatic rings. The van der Waals surface area contributed by atoms with Crippen LogP contribution in [0.2, 0.25) is 0 Å². The van der Waals surface area contributed by atoms with Crippen LogP contribution >= 0.6 is 0 Å². The summed E-state index contributed by atoms with van der Waals surface area (Å²) in [6.07, 6.45) is 2.74. The molecule has 1 heterocycles. The van der Waals surface area contributed by atoms with Crippen LogP contribution in [-0.4, -0.2) is 24.1 Å². The highest BCUT2D eigenvalue weighted by Gasteiger charge is 2.31. The fourth-order valence-electron chi connectivity index (χ4n) is 2.60. The minimum absolute atomic E-state index is 0.465. The summed E-state index contributed by atoms with van der Waals surface area (Å²) in [5.41, 5.74) is 2.54. The second-order valence-corrected chi connectivity index (χ2v) is 7.14. The van der Waals surface area contributed by atoms with E-state index < -0.39 is 0 Å². The fraction of sp³-hybridized carbons (Fsp3) is 0.722. The van der Waals surface area contributed by atoms with Gasteiger partial charge in [0.2, 0.25) is 0 Å². The van der Waals surface area contributed by atoms with E-state index >= 15 is 0 Å². The molecule has 118 valence electrons. The van der Waals surface area contributed by atoms with E-state index in [0.717, 1.165) is 18.3 Å². The van der Waals surface area contributed by atoms with E-state index in [-0.39, 0.29) is 0 Å². The van der Waals surface area contributed by atoms with Crippen LogP contribution < -0.4 is 10.2 Å². The molecule has 1 fully saturated rings. The standard InChI is InChI=1S/C18H31N3/c1-12(2)17-9-15(11-19-13(3)4)10-18(20-17)21(6)14(5)16-7-8-16/h9-10,12-14,16,19H,7-8,11H2,1-6H3. The summed E-state index contributed by atoms with van der Waals surface area (Å²) in [6, 6.07) is 5.59. The van der Waals surface area contributed by atoms with Gasteiger partial charge < -0.3 is 10.2 Å². The Morgan fingerprint density at radius 1 is 1.19 bits per heavy atom. The second-order valence-electron chi connectivity index (χ2n) is 7.14. The third-order valence-electron chi connectivity index (χ3n) is 4.47. The molecule has 1 aliphatic carbocycles. The quantitative estimate of drug-likeness (QED) is 0.824. The number of pyridine rings is 1. The lowest BCUT2D eigenvalue weighted by atomic mass is 10.1. The Morgan fingerprint density at radius 2 is 1.86 bits per heavy atom. The van der Waals surface area contributed by atoms with Crippen LogP contribution in [0.5, 0.6) is 0 Å². The van der Waals surface area contributed by atoms with E-state index in [2.05, 4.69) is 64.0 Å². The fourth-order valence-corrected chi connectivity index (χ4v) is 2.60. The van der Waals surface area contributed by atoms with Crippen molar-refractivity contribution in [1.29, 1.82) is 0 Å². The molecular weight excluding hydrogens is 258 g/mol. The van der Waals surface area contributed by atoms with E-state index in [9.17, 15) is 0 Å². The van der Waals surface area contributed by atoms with Gasteiger partial charge >= 0.3 is 0 Å². The predicted octanol–water partition coefficient (Wildman–Crippen LogP) is 3.94. The van der Waals surface area contributed by atoms with Gasteiger partial charge in [0.25, 0.3) is 0 Å². The maximum absolute atomic E-state index is 4.89. The molecule has 2 rings (SSSR count). The molecule has 21 heavy (non-hydrogen) atoms. The first-order chi connectivity index (χ1) is 9.88. The minimum Gasteiger partial charge on any atom is -0.357 e. The third-order valence-corrected chi connectivity index (χ3v) is 4.47. The van der Waals surface area contributed by atoms with Crippen molar-refractivity contribution in [2.24, 2.45) is 5.92 Å². The first kappa shape index (κ1) is 16.3. The first-order valence-electron chi connectivity index (χ1n) is 8.35. The van der Waals surface area contributed by atoms with Crippen LogP contribution in [0.3, 0.4) is 0 Å². The van der Waals surface area contributed by atoms with Crippen molar-refractivity contribution in [3.05, 3.63) is 23.4 Å². The predicted molar refractivity (Wildman–Crippen MR) is 90.9 cm³/mol. The highest BCUT2D eigenvalue weighted by Crippen LogP contribution is 2.36. The average molecular weight is 289 g/mol. The molecule has 3 heteroatoms. The van der Waals surface area contributed by atoms with E-state index in [1.54, 1.807) is 0 Å². The molecule has 1 N–H and O–H groups in total. The molecular formula is C18H31N3. The van der Waals surface area contributed by atoms with Crippen LogP contribution in [0.1, 0.15) is 64.6 Å². The zero-order valence-corrected chi connectivity index (χ0v) is 14.5. The summed E-state index contributed by atoms with van der Waals surface area (Å²) in [5, 5.41) is 3.51. The smallest absolute Gasteiger partial charge is 0.129 e. The van der Waals surface area contributed by atoms with Gasteiger partial charge in [0.05, 0.1) is 0 Å². The molecule has 0 amide bonds. The zero-order chi connectivity index (χ0) is 15.6. The monoisotopic (exact) mass is 289 g/mol. The Labute approximate surface area is 130 Å². The zero-order valence-electron chi connectivity index (χ0n) is 14.5. The van der Waals surface area contributed by atoms with Gasteiger partial charge in [0.15, 0.2) is 0 Å². The first-order valence-corrected chi connectivity index (χ1v) is 8.35. The highest BCUT2D eigenvalue weighted by atomic mass is 15.2. The van der Waals surface area contributed by atoms with Crippen molar-refractivity contribution in [2.45, 2.75) is 72.0 Å². The summed E-state index contributed by atoms with van der Waals surface area (Å²) in [7, 11) is 2.19. The normalized spacial score (nSPS) is 16.6. The van der Waals surface area contributed by atoms with Crippen molar-refractivity contribution in [1.82, 2.24) is 10.3 Å². The third kappa shape index (κ3) is 4.44. The maximum Gasteiger partial charge on any atom is 0.129 e. The number of hydrogen-bond acceptors (Lipinski definition) is 3. The van der Waals surface area contributed by atoms with Gasteiger partial charge in [-0.1, -0.05) is 27.7 Å². The Kier molecular flexibility index (Phi) is 5.26. The minimum atomic E-state index is 0.465. The van der Waals surface area contributed by atoms with Gasteiger partial charge in [-0.3, -0.25) is 0 Å². The van der Waals surface area contributed by atoms with Crippen LogP contribution in [0.4, 0.5) is 5.82 Å². The second kappa shape index (κ2) is 6.78. The van der Waals surface area contributed by atoms with Crippen LogP contribution in [0.15, 0.2) is 12.1 Å². The van der Waals surface area contributed by atoms with E-state index in [1.165, 1.54) is 24.1 Å². The summed E-state index contributed by atoms with van der Waals surface area (Å²) in [4.78, 5) is 7.25. The number of rotatable bonds is 7. The number of hydrogen-bond donors (Lipinski definition) is 1. The SMILES string of the molecule is CC(C)NCc1cc(C(C)C)nc(N(C)C(C)C2CC2)c1. The lowest BCUT2D eigenvalue weighted by Crippen LogP contribution is -2.31. The molecule has 1 aromatic heterocycles. The van der Waals surface area contributed by atoms with Crippen molar-refractivity contribution < 1.29 is 0 Å². The molecule has 0 aromatic carbocycles. The molecule has 1 atom stereocenters. The van der Waals surface area contributed by atoms with Crippen molar-refractivity contribution in [2.75, 3.05) is 11.9 Å². The Hall–Kier alpha value is -1.09.